The maximum absolute atomic E-state index is 11.1. The summed E-state index contributed by atoms with van der Waals surface area (Å²) in [5, 5.41) is 9.10. The summed E-state index contributed by atoms with van der Waals surface area (Å²) in [4.78, 5) is 20.8. The second-order valence-corrected chi connectivity index (χ2v) is 5.42. The van der Waals surface area contributed by atoms with Gasteiger partial charge in [-0.2, -0.15) is 0 Å². The highest BCUT2D eigenvalue weighted by molar-refractivity contribution is 9.10. The Kier molecular flexibility index (Phi) is 3.72. The average Bonchev–Trinajstić information content (AvgIpc) is 2.97. The third-order valence-corrected chi connectivity index (χ3v) is 3.51. The third kappa shape index (κ3) is 2.96. The minimum absolute atomic E-state index is 0.211. The van der Waals surface area contributed by atoms with Crippen molar-refractivity contribution in [2.45, 2.75) is 6.10 Å². The molecule has 0 bridgehead atoms. The predicted molar refractivity (Wildman–Crippen MR) is 80.3 cm³/mol. The van der Waals surface area contributed by atoms with Crippen LogP contribution in [0.1, 0.15) is 27.7 Å². The Morgan fingerprint density at radius 1 is 1.33 bits per heavy atom. The number of aromatic carboxylic acids is 1. The van der Waals surface area contributed by atoms with Crippen LogP contribution in [0.15, 0.2) is 53.1 Å². The number of aromatic nitrogens is 1. The quantitative estimate of drug-likeness (QED) is 0.893. The fraction of sp³-hybridized carbons (Fsp3) is 0.0667. The van der Waals surface area contributed by atoms with Crippen molar-refractivity contribution in [3.05, 3.63) is 70.0 Å². The van der Waals surface area contributed by atoms with Gasteiger partial charge >= 0.3 is 5.97 Å². The Labute approximate surface area is 129 Å². The van der Waals surface area contributed by atoms with E-state index in [0.29, 0.717) is 4.47 Å². The number of hydroxylamine groups is 1. The fourth-order valence-electron chi connectivity index (χ4n) is 2.06. The smallest absolute Gasteiger partial charge is 0.335 e. The number of pyridine rings is 1. The lowest BCUT2D eigenvalue weighted by atomic mass is 10.1. The van der Waals surface area contributed by atoms with Crippen molar-refractivity contribution in [3.63, 3.8) is 0 Å². The lowest BCUT2D eigenvalue weighted by Gasteiger charge is -2.07. The number of halogens is 1. The van der Waals surface area contributed by atoms with E-state index in [1.807, 2.05) is 30.3 Å². The van der Waals surface area contributed by atoms with Crippen molar-refractivity contribution in [1.82, 2.24) is 10.5 Å². The molecule has 2 heterocycles. The van der Waals surface area contributed by atoms with Gasteiger partial charge in [0.1, 0.15) is 6.10 Å². The van der Waals surface area contributed by atoms with Crippen LogP contribution in [0, 0.1) is 0 Å². The Morgan fingerprint density at radius 2 is 2.19 bits per heavy atom. The van der Waals surface area contributed by atoms with Gasteiger partial charge in [-0.15, -0.1) is 0 Å². The van der Waals surface area contributed by atoms with Crippen LogP contribution in [-0.2, 0) is 4.84 Å². The van der Waals surface area contributed by atoms with Crippen molar-refractivity contribution < 1.29 is 14.7 Å². The molecule has 21 heavy (non-hydrogen) atoms. The summed E-state index contributed by atoms with van der Waals surface area (Å²) >= 11 is 3.32. The monoisotopic (exact) mass is 346 g/mol. The van der Waals surface area contributed by atoms with Crippen LogP contribution < -0.4 is 5.48 Å². The molecule has 6 heteroatoms. The predicted octanol–water partition coefficient (Wildman–Crippen LogP) is 3.16. The van der Waals surface area contributed by atoms with Crippen LogP contribution in [-0.4, -0.2) is 16.1 Å². The number of nitrogens with zero attached hydrogens (tertiary/aromatic N) is 1. The van der Waals surface area contributed by atoms with E-state index >= 15 is 0 Å². The Morgan fingerprint density at radius 3 is 2.90 bits per heavy atom. The molecule has 0 radical (unpaired) electrons. The standard InChI is InChI=1S/C15H11BrN2O3/c16-11-6-9(5-10(7-11)15(19)20)13-8-14(21-18-13)12-3-1-2-4-17-12/h1-8,14,18H,(H,19,20). The molecule has 0 spiro atoms. The van der Waals surface area contributed by atoms with Crippen molar-refractivity contribution in [3.8, 4) is 0 Å². The first-order valence-electron chi connectivity index (χ1n) is 6.22. The lowest BCUT2D eigenvalue weighted by molar-refractivity contribution is 0.0486. The van der Waals surface area contributed by atoms with E-state index in [-0.39, 0.29) is 11.7 Å². The summed E-state index contributed by atoms with van der Waals surface area (Å²) in [5.41, 5.74) is 5.27. The van der Waals surface area contributed by atoms with Crippen LogP contribution in [0.25, 0.3) is 5.70 Å². The van der Waals surface area contributed by atoms with E-state index in [2.05, 4.69) is 26.4 Å². The molecule has 5 nitrogen and oxygen atoms in total. The van der Waals surface area contributed by atoms with Crippen LogP contribution in [0.2, 0.25) is 0 Å². The SMILES string of the molecule is O=C(O)c1cc(Br)cc(C2=CC(c3ccccn3)ON2)c1. The van der Waals surface area contributed by atoms with E-state index in [4.69, 9.17) is 9.94 Å². The highest BCUT2D eigenvalue weighted by atomic mass is 79.9. The molecule has 2 aromatic rings. The Balaban J connectivity index is 1.93. The second kappa shape index (κ2) is 5.67. The number of hydrogen-bond acceptors (Lipinski definition) is 4. The minimum atomic E-state index is -0.974. The van der Waals surface area contributed by atoms with Gasteiger partial charge < -0.3 is 5.11 Å². The number of carboxylic acid groups (broad SMARTS) is 1. The lowest BCUT2D eigenvalue weighted by Crippen LogP contribution is -2.08. The summed E-state index contributed by atoms with van der Waals surface area (Å²) in [6, 6.07) is 10.6. The highest BCUT2D eigenvalue weighted by Crippen LogP contribution is 2.29. The molecule has 1 unspecified atom stereocenters. The molecule has 0 saturated heterocycles. The zero-order valence-electron chi connectivity index (χ0n) is 10.8. The molecule has 1 aliphatic rings. The molecule has 1 atom stereocenters. The summed E-state index contributed by atoms with van der Waals surface area (Å²) in [7, 11) is 0. The van der Waals surface area contributed by atoms with Crippen LogP contribution in [0.5, 0.6) is 0 Å². The summed E-state index contributed by atoms with van der Waals surface area (Å²) in [5.74, 6) is -0.974. The van der Waals surface area contributed by atoms with E-state index in [9.17, 15) is 4.79 Å². The first-order valence-corrected chi connectivity index (χ1v) is 7.01. The van der Waals surface area contributed by atoms with Crippen LogP contribution >= 0.6 is 15.9 Å². The molecule has 1 aromatic heterocycles. The van der Waals surface area contributed by atoms with Gasteiger partial charge in [0.05, 0.1) is 17.0 Å². The molecule has 0 amide bonds. The van der Waals surface area contributed by atoms with Crippen molar-refractivity contribution in [2.75, 3.05) is 0 Å². The van der Waals surface area contributed by atoms with Crippen LogP contribution in [0.3, 0.4) is 0 Å². The zero-order valence-corrected chi connectivity index (χ0v) is 12.4. The molecular weight excluding hydrogens is 336 g/mol. The summed E-state index contributed by atoms with van der Waals surface area (Å²) in [6.07, 6.45) is 3.27. The van der Waals surface area contributed by atoms with E-state index in [1.165, 1.54) is 0 Å². The largest absolute Gasteiger partial charge is 0.478 e. The molecule has 0 saturated carbocycles. The normalized spacial score (nSPS) is 17.2. The van der Waals surface area contributed by atoms with Gasteiger partial charge in [0, 0.05) is 16.2 Å². The molecule has 1 aromatic carbocycles. The molecule has 0 aliphatic carbocycles. The van der Waals surface area contributed by atoms with Gasteiger partial charge in [-0.05, 0) is 36.4 Å². The highest BCUT2D eigenvalue weighted by Gasteiger charge is 2.21. The number of rotatable bonds is 3. The molecule has 2 N–H and O–H groups in total. The number of nitrogens with one attached hydrogen (secondary N) is 1. The fourth-order valence-corrected chi connectivity index (χ4v) is 2.55. The molecular formula is C15H11BrN2O3. The topological polar surface area (TPSA) is 71.5 Å². The van der Waals surface area contributed by atoms with E-state index < -0.39 is 5.97 Å². The summed E-state index contributed by atoms with van der Waals surface area (Å²) in [6.45, 7) is 0. The second-order valence-electron chi connectivity index (χ2n) is 4.51. The third-order valence-electron chi connectivity index (χ3n) is 3.05. The van der Waals surface area contributed by atoms with Gasteiger partial charge in [0.15, 0.2) is 0 Å². The van der Waals surface area contributed by atoms with E-state index in [1.54, 1.807) is 18.3 Å². The van der Waals surface area contributed by atoms with Crippen molar-refractivity contribution >= 4 is 27.6 Å². The number of carboxylic acids is 1. The molecule has 3 rings (SSSR count). The summed E-state index contributed by atoms with van der Waals surface area (Å²) < 4.78 is 0.696. The number of carbonyl (C=O) groups is 1. The molecule has 1 aliphatic heterocycles. The minimum Gasteiger partial charge on any atom is -0.478 e. The maximum atomic E-state index is 11.1. The Bertz CT molecular complexity index is 716. The van der Waals surface area contributed by atoms with Crippen molar-refractivity contribution in [2.24, 2.45) is 0 Å². The van der Waals surface area contributed by atoms with Gasteiger partial charge in [0.2, 0.25) is 0 Å². The van der Waals surface area contributed by atoms with Gasteiger partial charge in [0.25, 0.3) is 0 Å². The molecule has 0 fully saturated rings. The van der Waals surface area contributed by atoms with Gasteiger partial charge in [-0.1, -0.05) is 22.0 Å². The van der Waals surface area contributed by atoms with Crippen LogP contribution in [0.4, 0.5) is 0 Å². The van der Waals surface area contributed by atoms with Crippen molar-refractivity contribution in [1.29, 1.82) is 0 Å². The van der Waals surface area contributed by atoms with Gasteiger partial charge in [-0.3, -0.25) is 15.3 Å². The molecule has 106 valence electrons. The van der Waals surface area contributed by atoms with E-state index in [0.717, 1.165) is 17.0 Å². The first-order chi connectivity index (χ1) is 10.1. The first kappa shape index (κ1) is 13.8. The van der Waals surface area contributed by atoms with Gasteiger partial charge in [-0.25, -0.2) is 4.79 Å². The number of hydrogen-bond donors (Lipinski definition) is 2. The number of benzene rings is 1. The zero-order chi connectivity index (χ0) is 14.8. The maximum Gasteiger partial charge on any atom is 0.335 e. The Hall–Kier alpha value is -2.18. The average molecular weight is 347 g/mol.